The van der Waals surface area contributed by atoms with Crippen LogP contribution in [0.25, 0.3) is 0 Å². The van der Waals surface area contributed by atoms with Gasteiger partial charge in [-0.3, -0.25) is 11.3 Å². The first-order valence-electron chi connectivity index (χ1n) is 7.41. The van der Waals surface area contributed by atoms with Crippen LogP contribution in [0, 0.1) is 5.41 Å². The quantitative estimate of drug-likeness (QED) is 0.446. The first-order chi connectivity index (χ1) is 8.26. The lowest BCUT2D eigenvalue weighted by molar-refractivity contribution is 0.245. The van der Waals surface area contributed by atoms with Crippen molar-refractivity contribution >= 4 is 0 Å². The number of hydrogen-bond donors (Lipinski definition) is 2. The van der Waals surface area contributed by atoms with E-state index in [1.807, 2.05) is 0 Å². The van der Waals surface area contributed by atoms with Crippen molar-refractivity contribution in [3.05, 3.63) is 11.6 Å². The molecule has 0 aromatic heterocycles. The van der Waals surface area contributed by atoms with E-state index in [0.29, 0.717) is 11.5 Å². The molecule has 0 aliphatic heterocycles. The second kappa shape index (κ2) is 6.01. The summed E-state index contributed by atoms with van der Waals surface area (Å²) in [5, 5.41) is 0. The van der Waals surface area contributed by atoms with E-state index >= 15 is 0 Å². The molecule has 2 heteroatoms. The first-order valence-corrected chi connectivity index (χ1v) is 7.41. The minimum atomic E-state index is 0.403. The van der Waals surface area contributed by atoms with Crippen LogP contribution in [0.5, 0.6) is 0 Å². The van der Waals surface area contributed by atoms with Crippen LogP contribution in [0.2, 0.25) is 0 Å². The van der Waals surface area contributed by atoms with E-state index in [9.17, 15) is 0 Å². The third kappa shape index (κ3) is 3.11. The van der Waals surface area contributed by atoms with Gasteiger partial charge in [-0.15, -0.1) is 0 Å². The molecule has 0 spiro atoms. The fourth-order valence-electron chi connectivity index (χ4n) is 3.71. The molecule has 0 radical (unpaired) electrons. The summed E-state index contributed by atoms with van der Waals surface area (Å²) in [6, 6.07) is 0.420. The van der Waals surface area contributed by atoms with E-state index in [-0.39, 0.29) is 0 Å². The van der Waals surface area contributed by atoms with Crippen LogP contribution < -0.4 is 11.3 Å². The van der Waals surface area contributed by atoms with Gasteiger partial charge in [0, 0.05) is 6.04 Å². The van der Waals surface area contributed by atoms with Crippen LogP contribution in [0.3, 0.4) is 0 Å². The van der Waals surface area contributed by atoms with Gasteiger partial charge in [0.1, 0.15) is 0 Å². The summed E-state index contributed by atoms with van der Waals surface area (Å²) in [4.78, 5) is 0. The Bertz CT molecular complexity index is 264. The van der Waals surface area contributed by atoms with Gasteiger partial charge in [-0.05, 0) is 43.9 Å². The largest absolute Gasteiger partial charge is 0.271 e. The van der Waals surface area contributed by atoms with Crippen LogP contribution >= 0.6 is 0 Å². The molecule has 2 nitrogen and oxygen atoms in total. The maximum atomic E-state index is 5.87. The zero-order valence-electron chi connectivity index (χ0n) is 11.3. The smallest absolute Gasteiger partial charge is 0.0473 e. The summed E-state index contributed by atoms with van der Waals surface area (Å²) in [5.41, 5.74) is 5.13. The molecule has 2 rings (SSSR count). The zero-order valence-corrected chi connectivity index (χ0v) is 11.3. The lowest BCUT2D eigenvalue weighted by atomic mass is 9.75. The Morgan fingerprint density at radius 3 is 2.53 bits per heavy atom. The monoisotopic (exact) mass is 236 g/mol. The Labute approximate surface area is 106 Å². The topological polar surface area (TPSA) is 38.0 Å². The summed E-state index contributed by atoms with van der Waals surface area (Å²) in [5.74, 6) is 5.87. The average molecular weight is 236 g/mol. The molecule has 3 N–H and O–H groups in total. The van der Waals surface area contributed by atoms with Crippen molar-refractivity contribution in [1.29, 1.82) is 0 Å². The van der Waals surface area contributed by atoms with Crippen molar-refractivity contribution in [3.8, 4) is 0 Å². The van der Waals surface area contributed by atoms with Crippen molar-refractivity contribution < 1.29 is 0 Å². The molecule has 2 aliphatic rings. The van der Waals surface area contributed by atoms with Crippen LogP contribution in [0.1, 0.15) is 71.1 Å². The van der Waals surface area contributed by atoms with Gasteiger partial charge in [-0.2, -0.15) is 0 Å². The van der Waals surface area contributed by atoms with E-state index in [2.05, 4.69) is 18.4 Å². The van der Waals surface area contributed by atoms with Gasteiger partial charge in [0.15, 0.2) is 0 Å². The highest BCUT2D eigenvalue weighted by atomic mass is 15.2. The van der Waals surface area contributed by atoms with Crippen LogP contribution in [-0.2, 0) is 0 Å². The molecule has 0 aromatic rings. The third-order valence-electron chi connectivity index (χ3n) is 4.81. The minimum Gasteiger partial charge on any atom is -0.271 e. The molecule has 0 bridgehead atoms. The lowest BCUT2D eigenvalue weighted by Crippen LogP contribution is -2.47. The first kappa shape index (κ1) is 13.1. The van der Waals surface area contributed by atoms with E-state index in [1.54, 1.807) is 5.57 Å². The number of nitrogens with one attached hydrogen (secondary N) is 1. The molecule has 17 heavy (non-hydrogen) atoms. The third-order valence-corrected chi connectivity index (χ3v) is 4.81. The molecule has 98 valence electrons. The lowest BCUT2D eigenvalue weighted by Gasteiger charge is -2.36. The summed E-state index contributed by atoms with van der Waals surface area (Å²) >= 11 is 0. The van der Waals surface area contributed by atoms with Crippen molar-refractivity contribution in [2.45, 2.75) is 77.2 Å². The molecule has 1 fully saturated rings. The molecule has 1 atom stereocenters. The standard InChI is InChI=1S/C15H28N2/c1-15(11-7-8-12-15)14(17-16)13-9-5-3-2-4-6-10-13/h9,14,17H,2-8,10-12,16H2,1H3. The number of allylic oxidation sites excluding steroid dienone is 1. The Morgan fingerprint density at radius 2 is 1.82 bits per heavy atom. The summed E-state index contributed by atoms with van der Waals surface area (Å²) in [7, 11) is 0. The van der Waals surface area contributed by atoms with Crippen molar-refractivity contribution in [1.82, 2.24) is 5.43 Å². The van der Waals surface area contributed by atoms with E-state index in [4.69, 9.17) is 5.84 Å². The van der Waals surface area contributed by atoms with E-state index in [1.165, 1.54) is 64.2 Å². The summed E-state index contributed by atoms with van der Waals surface area (Å²) in [6.45, 7) is 2.42. The van der Waals surface area contributed by atoms with Gasteiger partial charge in [0.05, 0.1) is 0 Å². The van der Waals surface area contributed by atoms with Crippen LogP contribution in [0.4, 0.5) is 0 Å². The van der Waals surface area contributed by atoms with Crippen LogP contribution in [-0.4, -0.2) is 6.04 Å². The van der Waals surface area contributed by atoms with Gasteiger partial charge in [-0.25, -0.2) is 0 Å². The molecule has 2 aliphatic carbocycles. The maximum absolute atomic E-state index is 5.87. The normalized spacial score (nSPS) is 27.1. The van der Waals surface area contributed by atoms with Gasteiger partial charge >= 0.3 is 0 Å². The van der Waals surface area contributed by atoms with Crippen molar-refractivity contribution in [3.63, 3.8) is 0 Å². The fourth-order valence-corrected chi connectivity index (χ4v) is 3.71. The van der Waals surface area contributed by atoms with Crippen molar-refractivity contribution in [2.75, 3.05) is 0 Å². The number of hydrogen-bond acceptors (Lipinski definition) is 2. The van der Waals surface area contributed by atoms with Crippen molar-refractivity contribution in [2.24, 2.45) is 11.3 Å². The second-order valence-electron chi connectivity index (χ2n) is 6.19. The van der Waals surface area contributed by atoms with Crippen LogP contribution in [0.15, 0.2) is 11.6 Å². The minimum absolute atomic E-state index is 0.403. The zero-order chi connectivity index (χ0) is 12.1. The number of rotatable bonds is 3. The summed E-state index contributed by atoms with van der Waals surface area (Å²) < 4.78 is 0. The molecule has 0 amide bonds. The number of hydrazine groups is 1. The number of nitrogens with two attached hydrogens (primary N) is 1. The Morgan fingerprint density at radius 1 is 1.12 bits per heavy atom. The van der Waals surface area contributed by atoms with Gasteiger partial charge in [-0.1, -0.05) is 44.3 Å². The maximum Gasteiger partial charge on any atom is 0.0473 e. The van der Waals surface area contributed by atoms with Gasteiger partial charge < -0.3 is 0 Å². The highest BCUT2D eigenvalue weighted by Crippen LogP contribution is 2.43. The highest BCUT2D eigenvalue weighted by molar-refractivity contribution is 5.16. The Kier molecular flexibility index (Phi) is 4.63. The predicted molar refractivity (Wildman–Crippen MR) is 73.5 cm³/mol. The molecule has 0 aromatic carbocycles. The predicted octanol–water partition coefficient (Wildman–Crippen LogP) is 3.68. The molecule has 0 heterocycles. The van der Waals surface area contributed by atoms with Gasteiger partial charge in [0.2, 0.25) is 0 Å². The Hall–Kier alpha value is -0.340. The Balaban J connectivity index is 2.10. The molecule has 1 saturated carbocycles. The fraction of sp³-hybridized carbons (Fsp3) is 0.867. The van der Waals surface area contributed by atoms with E-state index in [0.717, 1.165) is 0 Å². The molecular weight excluding hydrogens is 208 g/mol. The highest BCUT2D eigenvalue weighted by Gasteiger charge is 2.38. The molecule has 1 unspecified atom stereocenters. The molecule has 0 saturated heterocycles. The average Bonchev–Trinajstić information content (AvgIpc) is 2.70. The van der Waals surface area contributed by atoms with Gasteiger partial charge in [0.25, 0.3) is 0 Å². The second-order valence-corrected chi connectivity index (χ2v) is 6.19. The van der Waals surface area contributed by atoms with E-state index < -0.39 is 0 Å². The SMILES string of the molecule is CC1(C(NN)C2=CCCCCCC2)CCCC1. The summed E-state index contributed by atoms with van der Waals surface area (Å²) in [6.07, 6.45) is 15.9. The molecular formula is C15H28N2.